The zero-order chi connectivity index (χ0) is 10.4. The van der Waals surface area contributed by atoms with Crippen LogP contribution in [-0.4, -0.2) is 26.7 Å². The first kappa shape index (κ1) is 14.3. The molecule has 0 N–H and O–H groups in total. The first-order valence-electron chi connectivity index (χ1n) is 4.31. The van der Waals surface area contributed by atoms with E-state index in [-0.39, 0.29) is 12.4 Å². The van der Waals surface area contributed by atoms with Gasteiger partial charge in [0.1, 0.15) is 0 Å². The summed E-state index contributed by atoms with van der Waals surface area (Å²) in [4.78, 5) is 13.3. The summed E-state index contributed by atoms with van der Waals surface area (Å²) in [5, 5.41) is 0.875. The summed E-state index contributed by atoms with van der Waals surface area (Å²) in [7, 11) is 4.31. The molecule has 4 nitrogen and oxygen atoms in total. The molecule has 1 aromatic carbocycles. The van der Waals surface area contributed by atoms with Crippen molar-refractivity contribution < 1.29 is 14.5 Å². The molecule has 1 aromatic rings. The lowest BCUT2D eigenvalue weighted by Crippen LogP contribution is -2.18. The second-order valence-corrected chi connectivity index (χ2v) is 2.72. The van der Waals surface area contributed by atoms with Crippen molar-refractivity contribution in [2.75, 3.05) is 21.3 Å². The first-order valence-corrected chi connectivity index (χ1v) is 4.31. The molecule has 0 radical (unpaired) electrons. The number of rotatable bonds is 3. The van der Waals surface area contributed by atoms with Crippen LogP contribution in [0.5, 0.6) is 0 Å². The van der Waals surface area contributed by atoms with Crippen LogP contribution in [0.25, 0.3) is 0 Å². The Morgan fingerprint density at radius 3 is 1.53 bits per heavy atom. The van der Waals surface area contributed by atoms with Crippen LogP contribution < -0.4 is 0 Å². The fourth-order valence-corrected chi connectivity index (χ4v) is 1.06. The predicted molar refractivity (Wildman–Crippen MR) is 59.4 cm³/mol. The maximum atomic E-state index is 4.44. The average molecular weight is 234 g/mol. The smallest absolute Gasteiger partial charge is 0.0758 e. The molecule has 1 aliphatic carbocycles. The van der Waals surface area contributed by atoms with Gasteiger partial charge in [0, 0.05) is 0 Å². The third-order valence-electron chi connectivity index (χ3n) is 1.82. The minimum absolute atomic E-state index is 0. The van der Waals surface area contributed by atoms with Crippen LogP contribution in [0.4, 0.5) is 0 Å². The van der Waals surface area contributed by atoms with Crippen LogP contribution in [0.1, 0.15) is 11.1 Å². The van der Waals surface area contributed by atoms with Gasteiger partial charge in [0.25, 0.3) is 0 Å². The van der Waals surface area contributed by atoms with Gasteiger partial charge >= 0.3 is 0 Å². The number of benzene rings is 1. The fourth-order valence-electron chi connectivity index (χ4n) is 1.06. The molecule has 0 aromatic heterocycles. The van der Waals surface area contributed by atoms with Crippen molar-refractivity contribution in [3.05, 3.63) is 35.4 Å². The quantitative estimate of drug-likeness (QED) is 0.759. The number of hydrogen-bond donors (Lipinski definition) is 0. The first-order chi connectivity index (χ1) is 6.81. The molecule has 0 aliphatic heterocycles. The highest BCUT2D eigenvalue weighted by Gasteiger charge is 2.12. The Labute approximate surface area is 96.0 Å². The summed E-state index contributed by atoms with van der Waals surface area (Å²) in [6, 6.07) is 8.53. The second kappa shape index (κ2) is 7.62. The van der Waals surface area contributed by atoms with Gasteiger partial charge in [-0.15, -0.1) is 12.4 Å². The summed E-state index contributed by atoms with van der Waals surface area (Å²) in [6.45, 7) is 0. The molecule has 0 amide bonds. The van der Waals surface area contributed by atoms with Crippen molar-refractivity contribution >= 4 is 12.4 Å². The van der Waals surface area contributed by atoms with Crippen LogP contribution in [0.3, 0.4) is 0 Å². The minimum atomic E-state index is 0. The van der Waals surface area contributed by atoms with E-state index in [1.165, 1.54) is 38.9 Å². The van der Waals surface area contributed by atoms with E-state index in [1.54, 1.807) is 0 Å². The summed E-state index contributed by atoms with van der Waals surface area (Å²) < 4.78 is 0. The summed E-state index contributed by atoms with van der Waals surface area (Å²) >= 11 is 0. The van der Waals surface area contributed by atoms with Gasteiger partial charge in [-0.05, 0) is 17.5 Å². The Balaban J connectivity index is 0.000000245. The summed E-state index contributed by atoms with van der Waals surface area (Å²) in [6.07, 6.45) is 1.24. The summed E-state index contributed by atoms with van der Waals surface area (Å²) in [5.41, 5.74) is 3.06. The molecule has 5 heteroatoms. The molecular weight excluding hydrogens is 218 g/mol. The number of hydrogen-bond acceptors (Lipinski definition) is 4. The van der Waals surface area contributed by atoms with Crippen LogP contribution in [0.2, 0.25) is 0 Å². The number of nitrogens with zero attached hydrogens (tertiary/aromatic N) is 1. The highest BCUT2D eigenvalue weighted by Crippen LogP contribution is 2.25. The Bertz CT molecular complexity index is 253. The van der Waals surface area contributed by atoms with Crippen LogP contribution in [0.15, 0.2) is 24.3 Å². The molecule has 0 unspecified atom stereocenters. The van der Waals surface area contributed by atoms with E-state index in [0.29, 0.717) is 0 Å². The molecular formula is C10H16ClNO3. The van der Waals surface area contributed by atoms with Crippen LogP contribution in [-0.2, 0) is 20.9 Å². The number of fused-ring (bicyclic) bond motifs is 1. The zero-order valence-electron chi connectivity index (χ0n) is 9.10. The molecule has 0 spiro atoms. The van der Waals surface area contributed by atoms with Gasteiger partial charge in [0.05, 0.1) is 26.7 Å². The molecule has 15 heavy (non-hydrogen) atoms. The van der Waals surface area contributed by atoms with Gasteiger partial charge in [0.2, 0.25) is 0 Å². The van der Waals surface area contributed by atoms with E-state index >= 15 is 0 Å². The van der Waals surface area contributed by atoms with Gasteiger partial charge < -0.3 is 0 Å². The lowest BCUT2D eigenvalue weighted by atomic mass is 10.4. The van der Waals surface area contributed by atoms with E-state index in [1.807, 2.05) is 0 Å². The molecule has 86 valence electrons. The third-order valence-corrected chi connectivity index (χ3v) is 1.82. The van der Waals surface area contributed by atoms with Gasteiger partial charge in [-0.2, -0.15) is 0 Å². The maximum absolute atomic E-state index is 4.44. The molecule has 0 heterocycles. The average Bonchev–Trinajstić information content (AvgIpc) is 3.00. The minimum Gasteiger partial charge on any atom is -0.254 e. The van der Waals surface area contributed by atoms with Gasteiger partial charge in [-0.1, -0.05) is 24.3 Å². The Kier molecular flexibility index (Phi) is 7.29. The predicted octanol–water partition coefficient (Wildman–Crippen LogP) is 1.99. The normalized spacial score (nSPS) is 10.9. The van der Waals surface area contributed by atoms with E-state index in [4.69, 9.17) is 0 Å². The van der Waals surface area contributed by atoms with Gasteiger partial charge in [-0.25, -0.2) is 0 Å². The Morgan fingerprint density at radius 1 is 0.933 bits per heavy atom. The third kappa shape index (κ3) is 5.11. The van der Waals surface area contributed by atoms with Crippen molar-refractivity contribution in [3.8, 4) is 0 Å². The largest absolute Gasteiger partial charge is 0.254 e. The molecule has 1 aliphatic rings. The monoisotopic (exact) mass is 233 g/mol. The van der Waals surface area contributed by atoms with Crippen LogP contribution in [0, 0.1) is 0 Å². The van der Waals surface area contributed by atoms with Crippen molar-refractivity contribution in [2.24, 2.45) is 0 Å². The standard InChI is InChI=1S/C7H6.C3H9NO3.ClH/c1-2-4-7-5-6(7)3-1;1-5-4(6-2)7-3;/h1-4H,5H2;1-3H3;1H. The molecule has 0 fully saturated rings. The van der Waals surface area contributed by atoms with E-state index in [2.05, 4.69) is 38.8 Å². The number of halogens is 1. The molecule has 2 rings (SSSR count). The molecule has 0 atom stereocenters. The van der Waals surface area contributed by atoms with Crippen molar-refractivity contribution in [2.45, 2.75) is 6.42 Å². The SMILES string of the molecule is CON(OC)OC.Cl.c1ccc2c(c1)C2. The van der Waals surface area contributed by atoms with Gasteiger partial charge in [-0.3, -0.25) is 14.5 Å². The highest BCUT2D eigenvalue weighted by molar-refractivity contribution is 5.85. The van der Waals surface area contributed by atoms with Gasteiger partial charge in [0.15, 0.2) is 0 Å². The van der Waals surface area contributed by atoms with E-state index < -0.39 is 0 Å². The lowest BCUT2D eigenvalue weighted by Gasteiger charge is -2.10. The van der Waals surface area contributed by atoms with Crippen molar-refractivity contribution in [3.63, 3.8) is 0 Å². The Morgan fingerprint density at radius 2 is 1.33 bits per heavy atom. The topological polar surface area (TPSA) is 30.9 Å². The summed E-state index contributed by atoms with van der Waals surface area (Å²) in [5.74, 6) is 0. The second-order valence-electron chi connectivity index (χ2n) is 2.72. The molecule has 0 bridgehead atoms. The van der Waals surface area contributed by atoms with Crippen molar-refractivity contribution in [1.82, 2.24) is 5.39 Å². The highest BCUT2D eigenvalue weighted by atomic mass is 35.5. The van der Waals surface area contributed by atoms with Crippen molar-refractivity contribution in [1.29, 1.82) is 0 Å². The zero-order valence-corrected chi connectivity index (χ0v) is 9.91. The van der Waals surface area contributed by atoms with Crippen LogP contribution >= 0.6 is 12.4 Å². The maximum Gasteiger partial charge on any atom is 0.0758 e. The van der Waals surface area contributed by atoms with E-state index in [9.17, 15) is 0 Å². The molecule has 0 saturated heterocycles. The Hall–Kier alpha value is -0.650. The molecule has 0 saturated carbocycles. The fraction of sp³-hybridized carbons (Fsp3) is 0.400. The lowest BCUT2D eigenvalue weighted by molar-refractivity contribution is -0.502. The van der Waals surface area contributed by atoms with E-state index in [0.717, 1.165) is 5.39 Å².